The summed E-state index contributed by atoms with van der Waals surface area (Å²) in [5.41, 5.74) is 1.94. The molecule has 0 bridgehead atoms. The van der Waals surface area contributed by atoms with Crippen LogP contribution in [0.4, 0.5) is 5.82 Å². The van der Waals surface area contributed by atoms with Gasteiger partial charge in [0.2, 0.25) is 0 Å². The zero-order chi connectivity index (χ0) is 13.1. The van der Waals surface area contributed by atoms with Gasteiger partial charge in [-0.05, 0) is 18.2 Å². The number of rotatable bonds is 2. The number of aromatic nitrogens is 2. The van der Waals surface area contributed by atoms with Gasteiger partial charge in [-0.3, -0.25) is 0 Å². The summed E-state index contributed by atoms with van der Waals surface area (Å²) in [6.07, 6.45) is 0. The van der Waals surface area contributed by atoms with E-state index in [2.05, 4.69) is 31.0 Å². The molecule has 1 fully saturated rings. The third-order valence-corrected chi connectivity index (χ3v) is 3.83. The number of morpholine rings is 1. The van der Waals surface area contributed by atoms with E-state index in [1.165, 1.54) is 0 Å². The minimum atomic E-state index is 0.758. The van der Waals surface area contributed by atoms with E-state index < -0.39 is 0 Å². The van der Waals surface area contributed by atoms with Crippen LogP contribution in [0.3, 0.4) is 0 Å². The fourth-order valence-corrected chi connectivity index (χ4v) is 2.59. The first-order chi connectivity index (χ1) is 9.34. The Bertz CT molecular complexity index is 553. The van der Waals surface area contributed by atoms with Crippen LogP contribution in [0.25, 0.3) is 11.3 Å². The van der Waals surface area contributed by atoms with E-state index in [1.54, 1.807) is 0 Å². The molecule has 2 heterocycles. The highest BCUT2D eigenvalue weighted by atomic mass is 79.9. The van der Waals surface area contributed by atoms with Crippen molar-refractivity contribution in [2.45, 2.75) is 0 Å². The molecule has 19 heavy (non-hydrogen) atoms. The molecular formula is C14H14BrN3O. The standard InChI is InChI=1S/C14H14BrN3O/c15-12-4-2-1-3-11(12)13-5-6-14(17-16-13)18-7-9-19-10-8-18/h1-6H,7-10H2. The molecule has 0 atom stereocenters. The summed E-state index contributed by atoms with van der Waals surface area (Å²) in [5.74, 6) is 0.916. The highest BCUT2D eigenvalue weighted by molar-refractivity contribution is 9.10. The summed E-state index contributed by atoms with van der Waals surface area (Å²) in [7, 11) is 0. The second kappa shape index (κ2) is 5.67. The van der Waals surface area contributed by atoms with Gasteiger partial charge in [-0.1, -0.05) is 34.1 Å². The number of anilines is 1. The maximum atomic E-state index is 5.33. The van der Waals surface area contributed by atoms with Gasteiger partial charge >= 0.3 is 0 Å². The van der Waals surface area contributed by atoms with E-state index in [9.17, 15) is 0 Å². The van der Waals surface area contributed by atoms with Crippen molar-refractivity contribution < 1.29 is 4.74 Å². The van der Waals surface area contributed by atoms with Crippen LogP contribution in [0.1, 0.15) is 0 Å². The number of benzene rings is 1. The van der Waals surface area contributed by atoms with E-state index in [0.717, 1.165) is 47.9 Å². The number of hydrogen-bond acceptors (Lipinski definition) is 4. The zero-order valence-corrected chi connectivity index (χ0v) is 12.0. The third-order valence-electron chi connectivity index (χ3n) is 3.14. The molecule has 0 amide bonds. The van der Waals surface area contributed by atoms with Crippen LogP contribution in [-0.2, 0) is 4.74 Å². The lowest BCUT2D eigenvalue weighted by Gasteiger charge is -2.27. The van der Waals surface area contributed by atoms with Crippen LogP contribution >= 0.6 is 15.9 Å². The molecule has 3 rings (SSSR count). The van der Waals surface area contributed by atoms with Crippen molar-refractivity contribution in [1.29, 1.82) is 0 Å². The molecule has 1 aromatic heterocycles. The maximum absolute atomic E-state index is 5.33. The molecule has 0 spiro atoms. The molecule has 0 unspecified atom stereocenters. The van der Waals surface area contributed by atoms with E-state index in [0.29, 0.717) is 0 Å². The third kappa shape index (κ3) is 2.77. The van der Waals surface area contributed by atoms with Crippen molar-refractivity contribution in [2.24, 2.45) is 0 Å². The average molecular weight is 320 g/mol. The number of ether oxygens (including phenoxy) is 1. The average Bonchev–Trinajstić information content (AvgIpc) is 2.49. The lowest BCUT2D eigenvalue weighted by Crippen LogP contribution is -2.36. The first-order valence-corrected chi connectivity index (χ1v) is 7.05. The van der Waals surface area contributed by atoms with Crippen LogP contribution in [0, 0.1) is 0 Å². The predicted octanol–water partition coefficient (Wildman–Crippen LogP) is 2.74. The molecule has 1 aliphatic rings. The lowest BCUT2D eigenvalue weighted by atomic mass is 10.1. The minimum absolute atomic E-state index is 0.758. The van der Waals surface area contributed by atoms with Crippen LogP contribution in [0.5, 0.6) is 0 Å². The highest BCUT2D eigenvalue weighted by Gasteiger charge is 2.13. The van der Waals surface area contributed by atoms with Crippen molar-refractivity contribution >= 4 is 21.7 Å². The molecule has 0 radical (unpaired) electrons. The molecule has 1 aromatic carbocycles. The van der Waals surface area contributed by atoms with Crippen LogP contribution < -0.4 is 4.90 Å². The fraction of sp³-hybridized carbons (Fsp3) is 0.286. The SMILES string of the molecule is Brc1ccccc1-c1ccc(N2CCOCC2)nn1. The number of nitrogens with zero attached hydrogens (tertiary/aromatic N) is 3. The first-order valence-electron chi connectivity index (χ1n) is 6.26. The molecule has 4 nitrogen and oxygen atoms in total. The molecular weight excluding hydrogens is 306 g/mol. The Kier molecular flexibility index (Phi) is 3.75. The van der Waals surface area contributed by atoms with Gasteiger partial charge in [0.15, 0.2) is 5.82 Å². The topological polar surface area (TPSA) is 38.2 Å². The van der Waals surface area contributed by atoms with Crippen LogP contribution in [-0.4, -0.2) is 36.5 Å². The van der Waals surface area contributed by atoms with Gasteiger partial charge in [0, 0.05) is 23.1 Å². The van der Waals surface area contributed by atoms with Crippen molar-refractivity contribution in [3.8, 4) is 11.3 Å². The van der Waals surface area contributed by atoms with Crippen molar-refractivity contribution in [1.82, 2.24) is 10.2 Å². The summed E-state index contributed by atoms with van der Waals surface area (Å²) in [5, 5.41) is 8.64. The van der Waals surface area contributed by atoms with E-state index >= 15 is 0 Å². The molecule has 0 aliphatic carbocycles. The Morgan fingerprint density at radius 3 is 2.47 bits per heavy atom. The lowest BCUT2D eigenvalue weighted by molar-refractivity contribution is 0.122. The quantitative estimate of drug-likeness (QED) is 0.853. The second-order valence-corrected chi connectivity index (χ2v) is 5.21. The van der Waals surface area contributed by atoms with Gasteiger partial charge < -0.3 is 9.64 Å². The monoisotopic (exact) mass is 319 g/mol. The summed E-state index contributed by atoms with van der Waals surface area (Å²) in [4.78, 5) is 2.19. The Hall–Kier alpha value is -1.46. The smallest absolute Gasteiger partial charge is 0.151 e. The van der Waals surface area contributed by atoms with Crippen LogP contribution in [0.15, 0.2) is 40.9 Å². The molecule has 1 saturated heterocycles. The number of halogens is 1. The molecule has 2 aromatic rings. The Morgan fingerprint density at radius 1 is 1.00 bits per heavy atom. The largest absolute Gasteiger partial charge is 0.378 e. The molecule has 1 aliphatic heterocycles. The van der Waals surface area contributed by atoms with E-state index in [1.807, 2.05) is 36.4 Å². The molecule has 98 valence electrons. The normalized spacial score (nSPS) is 15.5. The van der Waals surface area contributed by atoms with E-state index in [4.69, 9.17) is 4.74 Å². The van der Waals surface area contributed by atoms with E-state index in [-0.39, 0.29) is 0 Å². The van der Waals surface area contributed by atoms with Crippen molar-refractivity contribution in [3.63, 3.8) is 0 Å². The minimum Gasteiger partial charge on any atom is -0.378 e. The maximum Gasteiger partial charge on any atom is 0.151 e. The Balaban J connectivity index is 1.84. The van der Waals surface area contributed by atoms with Gasteiger partial charge in [-0.2, -0.15) is 0 Å². The fourth-order valence-electron chi connectivity index (χ4n) is 2.10. The summed E-state index contributed by atoms with van der Waals surface area (Å²) in [6.45, 7) is 3.27. The molecule has 5 heteroatoms. The molecule has 0 saturated carbocycles. The first kappa shape index (κ1) is 12.6. The van der Waals surface area contributed by atoms with Crippen LogP contribution in [0.2, 0.25) is 0 Å². The van der Waals surface area contributed by atoms with Gasteiger partial charge in [-0.25, -0.2) is 0 Å². The van der Waals surface area contributed by atoms with Gasteiger partial charge in [0.1, 0.15) is 0 Å². The Morgan fingerprint density at radius 2 is 1.79 bits per heavy atom. The summed E-state index contributed by atoms with van der Waals surface area (Å²) >= 11 is 3.53. The Labute approximate surface area is 120 Å². The summed E-state index contributed by atoms with van der Waals surface area (Å²) < 4.78 is 6.36. The highest BCUT2D eigenvalue weighted by Crippen LogP contribution is 2.26. The van der Waals surface area contributed by atoms with Crippen molar-refractivity contribution in [3.05, 3.63) is 40.9 Å². The van der Waals surface area contributed by atoms with Gasteiger partial charge in [-0.15, -0.1) is 10.2 Å². The second-order valence-electron chi connectivity index (χ2n) is 4.36. The zero-order valence-electron chi connectivity index (χ0n) is 10.4. The van der Waals surface area contributed by atoms with Gasteiger partial charge in [0.05, 0.1) is 18.9 Å². The predicted molar refractivity (Wildman–Crippen MR) is 78.2 cm³/mol. The molecule has 0 N–H and O–H groups in total. The summed E-state index contributed by atoms with van der Waals surface area (Å²) in [6, 6.07) is 12.1. The number of hydrogen-bond donors (Lipinski definition) is 0. The van der Waals surface area contributed by atoms with Crippen molar-refractivity contribution in [2.75, 3.05) is 31.2 Å². The van der Waals surface area contributed by atoms with Gasteiger partial charge in [0.25, 0.3) is 0 Å².